The second kappa shape index (κ2) is 8.23. The number of carbonyl (C=O) groups is 2. The molecule has 0 radical (unpaired) electrons. The summed E-state index contributed by atoms with van der Waals surface area (Å²) in [6, 6.07) is 15.0. The van der Waals surface area contributed by atoms with Gasteiger partial charge in [-0.3, -0.25) is 9.59 Å². The van der Waals surface area contributed by atoms with Crippen LogP contribution in [0.4, 0.5) is 11.6 Å². The zero-order valence-corrected chi connectivity index (χ0v) is 15.2. The highest BCUT2D eigenvalue weighted by Crippen LogP contribution is 2.14. The Bertz CT molecular complexity index is 951. The number of hydrogen-bond donors (Lipinski definition) is 2. The summed E-state index contributed by atoms with van der Waals surface area (Å²) in [6.07, 6.45) is 2.95. The number of hydrogen-bond acceptors (Lipinski definition) is 5. The van der Waals surface area contributed by atoms with Gasteiger partial charge in [-0.15, -0.1) is 0 Å². The number of nitrogens with zero attached hydrogens (tertiary/aromatic N) is 2. The number of aryl methyl sites for hydroxylation is 1. The predicted molar refractivity (Wildman–Crippen MR) is 104 cm³/mol. The zero-order valence-electron chi connectivity index (χ0n) is 15.2. The molecule has 0 unspecified atom stereocenters. The highest BCUT2D eigenvalue weighted by molar-refractivity contribution is 5.94. The summed E-state index contributed by atoms with van der Waals surface area (Å²) in [5.74, 6) is 0.161. The van der Waals surface area contributed by atoms with Gasteiger partial charge in [-0.05, 0) is 43.7 Å². The van der Waals surface area contributed by atoms with E-state index in [1.54, 1.807) is 24.3 Å². The fourth-order valence-corrected chi connectivity index (χ4v) is 2.53. The molecular formula is C21H20N4O2. The third-order valence-corrected chi connectivity index (χ3v) is 4.00. The van der Waals surface area contributed by atoms with Crippen molar-refractivity contribution in [2.24, 2.45) is 0 Å². The minimum Gasteiger partial charge on any atom is -0.348 e. The van der Waals surface area contributed by atoms with Crippen molar-refractivity contribution in [3.63, 3.8) is 0 Å². The molecule has 1 aromatic heterocycles. The average Bonchev–Trinajstić information content (AvgIpc) is 2.67. The van der Waals surface area contributed by atoms with Gasteiger partial charge in [-0.25, -0.2) is 9.97 Å². The first kappa shape index (κ1) is 18.3. The SMILES string of the molecule is CC(=O)c1ccc(Nc2ncc(C(=O)NCc3cccc(C)c3)cn2)cc1. The van der Waals surface area contributed by atoms with E-state index in [1.165, 1.54) is 19.3 Å². The van der Waals surface area contributed by atoms with Crippen LogP contribution >= 0.6 is 0 Å². The molecule has 0 bridgehead atoms. The van der Waals surface area contributed by atoms with Gasteiger partial charge in [0.05, 0.1) is 5.56 Å². The lowest BCUT2D eigenvalue weighted by atomic mass is 10.1. The largest absolute Gasteiger partial charge is 0.348 e. The fourth-order valence-electron chi connectivity index (χ4n) is 2.53. The van der Waals surface area contributed by atoms with Crippen LogP contribution in [0.15, 0.2) is 60.9 Å². The molecule has 3 rings (SSSR count). The quantitative estimate of drug-likeness (QED) is 0.656. The van der Waals surface area contributed by atoms with E-state index in [4.69, 9.17) is 0 Å². The topological polar surface area (TPSA) is 84.0 Å². The van der Waals surface area contributed by atoms with Crippen molar-refractivity contribution in [2.45, 2.75) is 20.4 Å². The summed E-state index contributed by atoms with van der Waals surface area (Å²) in [6.45, 7) is 3.98. The van der Waals surface area contributed by atoms with E-state index in [2.05, 4.69) is 20.6 Å². The van der Waals surface area contributed by atoms with Crippen molar-refractivity contribution >= 4 is 23.3 Å². The predicted octanol–water partition coefficient (Wildman–Crippen LogP) is 3.66. The van der Waals surface area contributed by atoms with E-state index >= 15 is 0 Å². The van der Waals surface area contributed by atoms with Gasteiger partial charge < -0.3 is 10.6 Å². The van der Waals surface area contributed by atoms with Crippen LogP contribution in [0.3, 0.4) is 0 Å². The van der Waals surface area contributed by atoms with E-state index in [0.29, 0.717) is 23.6 Å². The molecule has 136 valence electrons. The summed E-state index contributed by atoms with van der Waals surface area (Å²) >= 11 is 0. The number of amides is 1. The summed E-state index contributed by atoms with van der Waals surface area (Å²) in [5, 5.41) is 5.89. The lowest BCUT2D eigenvalue weighted by molar-refractivity contribution is 0.0949. The van der Waals surface area contributed by atoms with Crippen molar-refractivity contribution < 1.29 is 9.59 Å². The number of nitrogens with one attached hydrogen (secondary N) is 2. The van der Waals surface area contributed by atoms with Crippen LogP contribution in [0.5, 0.6) is 0 Å². The van der Waals surface area contributed by atoms with Crippen LogP contribution in [0.1, 0.15) is 38.8 Å². The van der Waals surface area contributed by atoms with Crippen molar-refractivity contribution in [3.8, 4) is 0 Å². The van der Waals surface area contributed by atoms with Crippen LogP contribution in [0, 0.1) is 6.92 Å². The molecule has 6 nitrogen and oxygen atoms in total. The van der Waals surface area contributed by atoms with Gasteiger partial charge in [0.15, 0.2) is 5.78 Å². The molecule has 2 N–H and O–H groups in total. The summed E-state index contributed by atoms with van der Waals surface area (Å²) in [7, 11) is 0. The average molecular weight is 360 g/mol. The second-order valence-electron chi connectivity index (χ2n) is 6.23. The highest BCUT2D eigenvalue weighted by atomic mass is 16.1. The molecule has 1 heterocycles. The molecular weight excluding hydrogens is 340 g/mol. The lowest BCUT2D eigenvalue weighted by Crippen LogP contribution is -2.23. The molecule has 0 spiro atoms. The zero-order chi connectivity index (χ0) is 19.2. The maximum Gasteiger partial charge on any atom is 0.254 e. The van der Waals surface area contributed by atoms with Gasteiger partial charge in [0.1, 0.15) is 0 Å². The summed E-state index contributed by atoms with van der Waals surface area (Å²) in [5.41, 5.74) is 3.98. The second-order valence-corrected chi connectivity index (χ2v) is 6.23. The Morgan fingerprint density at radius 2 is 1.67 bits per heavy atom. The number of Topliss-reactive ketones (excluding diaryl/α,β-unsaturated/α-hetero) is 1. The van der Waals surface area contributed by atoms with E-state index in [1.807, 2.05) is 31.2 Å². The monoisotopic (exact) mass is 360 g/mol. The van der Waals surface area contributed by atoms with Crippen LogP contribution in [-0.4, -0.2) is 21.7 Å². The third kappa shape index (κ3) is 4.98. The first-order chi connectivity index (χ1) is 13.0. The Balaban J connectivity index is 1.59. The normalized spacial score (nSPS) is 10.3. The Morgan fingerprint density at radius 1 is 0.963 bits per heavy atom. The third-order valence-electron chi connectivity index (χ3n) is 4.00. The molecule has 0 aliphatic carbocycles. The van der Waals surface area contributed by atoms with E-state index in [0.717, 1.165) is 16.8 Å². The maximum absolute atomic E-state index is 12.2. The standard InChI is InChI=1S/C21H20N4O2/c1-14-4-3-5-16(10-14)11-22-20(27)18-12-23-21(24-13-18)25-19-8-6-17(7-9-19)15(2)26/h3-10,12-13H,11H2,1-2H3,(H,22,27)(H,23,24,25). The summed E-state index contributed by atoms with van der Waals surface area (Å²) in [4.78, 5) is 31.9. The fraction of sp³-hybridized carbons (Fsp3) is 0.143. The van der Waals surface area contributed by atoms with E-state index in [9.17, 15) is 9.59 Å². The van der Waals surface area contributed by atoms with Crippen LogP contribution in [0.25, 0.3) is 0 Å². The molecule has 0 saturated carbocycles. The highest BCUT2D eigenvalue weighted by Gasteiger charge is 2.08. The minimum atomic E-state index is -0.228. The minimum absolute atomic E-state index is 0.0128. The molecule has 0 aliphatic heterocycles. The molecule has 0 saturated heterocycles. The number of rotatable bonds is 6. The first-order valence-electron chi connectivity index (χ1n) is 8.55. The Labute approximate surface area is 157 Å². The number of carbonyl (C=O) groups excluding carboxylic acids is 2. The van der Waals surface area contributed by atoms with Gasteiger partial charge in [0.2, 0.25) is 5.95 Å². The van der Waals surface area contributed by atoms with Crippen molar-refractivity contribution in [1.82, 2.24) is 15.3 Å². The van der Waals surface area contributed by atoms with Crippen LogP contribution in [-0.2, 0) is 6.54 Å². The Hall–Kier alpha value is -3.54. The summed E-state index contributed by atoms with van der Waals surface area (Å²) < 4.78 is 0. The first-order valence-corrected chi connectivity index (χ1v) is 8.55. The number of benzene rings is 2. The molecule has 0 fully saturated rings. The molecule has 3 aromatic rings. The van der Waals surface area contributed by atoms with Gasteiger partial charge in [-0.2, -0.15) is 0 Å². The maximum atomic E-state index is 12.2. The Kier molecular flexibility index (Phi) is 5.56. The Morgan fingerprint density at radius 3 is 2.30 bits per heavy atom. The smallest absolute Gasteiger partial charge is 0.254 e. The molecule has 0 atom stereocenters. The van der Waals surface area contributed by atoms with Gasteiger partial charge in [0, 0.05) is 30.2 Å². The van der Waals surface area contributed by atoms with Crippen LogP contribution in [0.2, 0.25) is 0 Å². The number of ketones is 1. The van der Waals surface area contributed by atoms with E-state index in [-0.39, 0.29) is 11.7 Å². The molecule has 6 heteroatoms. The van der Waals surface area contributed by atoms with Gasteiger partial charge in [0.25, 0.3) is 5.91 Å². The van der Waals surface area contributed by atoms with Crippen molar-refractivity contribution in [2.75, 3.05) is 5.32 Å². The van der Waals surface area contributed by atoms with E-state index < -0.39 is 0 Å². The molecule has 1 amide bonds. The van der Waals surface area contributed by atoms with Crippen LogP contribution < -0.4 is 10.6 Å². The van der Waals surface area contributed by atoms with Gasteiger partial charge in [-0.1, -0.05) is 29.8 Å². The molecule has 2 aromatic carbocycles. The van der Waals surface area contributed by atoms with Crippen molar-refractivity contribution in [3.05, 3.63) is 83.2 Å². The van der Waals surface area contributed by atoms with Crippen molar-refractivity contribution in [1.29, 1.82) is 0 Å². The molecule has 27 heavy (non-hydrogen) atoms. The number of aromatic nitrogens is 2. The van der Waals surface area contributed by atoms with Gasteiger partial charge >= 0.3 is 0 Å². The lowest BCUT2D eigenvalue weighted by Gasteiger charge is -2.07. The number of anilines is 2. The molecule has 0 aliphatic rings.